The van der Waals surface area contributed by atoms with Crippen LogP contribution in [0.25, 0.3) is 21.3 Å². The van der Waals surface area contributed by atoms with Crippen LogP contribution in [0, 0.1) is 0 Å². The molecule has 2 N–H and O–H groups in total. The highest BCUT2D eigenvalue weighted by molar-refractivity contribution is 7.99. The Labute approximate surface area is 188 Å². The quantitative estimate of drug-likeness (QED) is 0.407. The van der Waals surface area contributed by atoms with Crippen molar-refractivity contribution in [1.29, 1.82) is 0 Å². The Morgan fingerprint density at radius 2 is 1.84 bits per heavy atom. The summed E-state index contributed by atoms with van der Waals surface area (Å²) in [6, 6.07) is 19.4. The van der Waals surface area contributed by atoms with Gasteiger partial charge in [-0.25, -0.2) is 4.98 Å². The fraction of sp³-hybridized carbons (Fsp3) is 0.174. The van der Waals surface area contributed by atoms with Gasteiger partial charge in [0.05, 0.1) is 22.1 Å². The lowest BCUT2D eigenvalue weighted by molar-refractivity contribution is -0.120. The van der Waals surface area contributed by atoms with Crippen molar-refractivity contribution in [3.05, 3.63) is 82.2 Å². The van der Waals surface area contributed by atoms with E-state index < -0.39 is 0 Å². The number of amides is 1. The average molecular weight is 451 g/mol. The first-order valence-corrected chi connectivity index (χ1v) is 11.7. The molecule has 0 aliphatic heterocycles. The molecule has 6 nitrogen and oxygen atoms in total. The first-order valence-electron chi connectivity index (χ1n) is 9.79. The van der Waals surface area contributed by atoms with Crippen molar-refractivity contribution >= 4 is 44.9 Å². The van der Waals surface area contributed by atoms with Crippen LogP contribution in [0.3, 0.4) is 0 Å². The van der Waals surface area contributed by atoms with Gasteiger partial charge >= 0.3 is 0 Å². The van der Waals surface area contributed by atoms with E-state index in [0.717, 1.165) is 16.8 Å². The molecule has 0 bridgehead atoms. The Morgan fingerprint density at radius 3 is 2.55 bits per heavy atom. The maximum atomic E-state index is 12.8. The van der Waals surface area contributed by atoms with Crippen LogP contribution in [0.4, 0.5) is 5.69 Å². The third kappa shape index (κ3) is 4.81. The van der Waals surface area contributed by atoms with Crippen molar-refractivity contribution in [2.24, 2.45) is 0 Å². The molecule has 0 radical (unpaired) electrons. The van der Waals surface area contributed by atoms with Crippen LogP contribution in [0.5, 0.6) is 0 Å². The second-order valence-corrected chi connectivity index (χ2v) is 9.22. The molecule has 2 heterocycles. The SMILES string of the molecule is CC(SCc1nc2scc(-c3ccccc3)c2c(=O)[nH]1)C(=O)NN(C)c1ccccc1. The molecule has 158 valence electrons. The van der Waals surface area contributed by atoms with E-state index in [-0.39, 0.29) is 16.7 Å². The minimum absolute atomic E-state index is 0.109. The Hall–Kier alpha value is -3.10. The van der Waals surface area contributed by atoms with Gasteiger partial charge in [-0.05, 0) is 24.6 Å². The molecule has 2 aromatic carbocycles. The van der Waals surface area contributed by atoms with Gasteiger partial charge in [-0.3, -0.25) is 20.0 Å². The maximum absolute atomic E-state index is 12.8. The molecular formula is C23H22N4O2S2. The number of anilines is 1. The number of thioether (sulfide) groups is 1. The van der Waals surface area contributed by atoms with E-state index >= 15 is 0 Å². The number of aromatic amines is 1. The van der Waals surface area contributed by atoms with E-state index in [0.29, 0.717) is 21.8 Å². The molecule has 0 fully saturated rings. The fourth-order valence-electron chi connectivity index (χ4n) is 3.14. The Balaban J connectivity index is 1.43. The van der Waals surface area contributed by atoms with Crippen LogP contribution < -0.4 is 16.0 Å². The maximum Gasteiger partial charge on any atom is 0.260 e. The van der Waals surface area contributed by atoms with Gasteiger partial charge in [-0.1, -0.05) is 48.5 Å². The summed E-state index contributed by atoms with van der Waals surface area (Å²) >= 11 is 2.89. The smallest absolute Gasteiger partial charge is 0.260 e. The molecule has 0 aliphatic carbocycles. The number of benzene rings is 2. The van der Waals surface area contributed by atoms with Crippen LogP contribution in [0.15, 0.2) is 70.8 Å². The van der Waals surface area contributed by atoms with Gasteiger partial charge in [0.1, 0.15) is 10.7 Å². The van der Waals surface area contributed by atoms with Crippen molar-refractivity contribution in [3.63, 3.8) is 0 Å². The summed E-state index contributed by atoms with van der Waals surface area (Å²) in [5.41, 5.74) is 5.52. The molecule has 2 aromatic heterocycles. The van der Waals surface area contributed by atoms with E-state index in [2.05, 4.69) is 15.4 Å². The first kappa shape index (κ1) is 21.1. The van der Waals surface area contributed by atoms with Gasteiger partial charge in [-0.2, -0.15) is 0 Å². The second-order valence-electron chi connectivity index (χ2n) is 7.03. The standard InChI is InChI=1S/C23H22N4O2S2/c1-15(21(28)26-27(2)17-11-7-4-8-12-17)30-14-19-24-22(29)20-18(13-31-23(20)25-19)16-9-5-3-6-10-16/h3-13,15H,14H2,1-2H3,(H,26,28)(H,24,25,29). The largest absolute Gasteiger partial charge is 0.309 e. The van der Waals surface area contributed by atoms with Crippen LogP contribution in [0.2, 0.25) is 0 Å². The van der Waals surface area contributed by atoms with Crippen LogP contribution in [0.1, 0.15) is 12.7 Å². The number of carbonyl (C=O) groups excluding carboxylic acids is 1. The summed E-state index contributed by atoms with van der Waals surface area (Å²) in [6.45, 7) is 1.84. The highest BCUT2D eigenvalue weighted by Crippen LogP contribution is 2.30. The summed E-state index contributed by atoms with van der Waals surface area (Å²) in [6.07, 6.45) is 0. The lowest BCUT2D eigenvalue weighted by atomic mass is 10.1. The highest BCUT2D eigenvalue weighted by atomic mass is 32.2. The Kier molecular flexibility index (Phi) is 6.39. The van der Waals surface area contributed by atoms with Gasteiger partial charge < -0.3 is 4.98 Å². The number of hydrazine groups is 1. The lowest BCUT2D eigenvalue weighted by Crippen LogP contribution is -2.43. The third-order valence-corrected chi connectivity index (χ3v) is 6.86. The summed E-state index contributed by atoms with van der Waals surface area (Å²) in [4.78, 5) is 33.5. The van der Waals surface area contributed by atoms with E-state index in [1.807, 2.05) is 73.0 Å². The number of rotatable bonds is 7. The van der Waals surface area contributed by atoms with Crippen molar-refractivity contribution in [2.45, 2.75) is 17.9 Å². The van der Waals surface area contributed by atoms with Crippen LogP contribution >= 0.6 is 23.1 Å². The first-order chi connectivity index (χ1) is 15.0. The molecule has 0 saturated heterocycles. The predicted molar refractivity (Wildman–Crippen MR) is 129 cm³/mol. The Morgan fingerprint density at radius 1 is 1.16 bits per heavy atom. The molecule has 1 amide bonds. The number of aromatic nitrogens is 2. The summed E-state index contributed by atoms with van der Waals surface area (Å²) in [5.74, 6) is 0.898. The van der Waals surface area contributed by atoms with Crippen molar-refractivity contribution in [3.8, 4) is 11.1 Å². The van der Waals surface area contributed by atoms with E-state index in [4.69, 9.17) is 0 Å². The summed E-state index contributed by atoms with van der Waals surface area (Å²) in [7, 11) is 1.80. The van der Waals surface area contributed by atoms with Crippen LogP contribution in [-0.4, -0.2) is 28.2 Å². The topological polar surface area (TPSA) is 78.1 Å². The van der Waals surface area contributed by atoms with Crippen LogP contribution in [-0.2, 0) is 10.5 Å². The molecule has 0 aliphatic rings. The zero-order valence-electron chi connectivity index (χ0n) is 17.2. The zero-order chi connectivity index (χ0) is 21.8. The molecule has 4 aromatic rings. The second kappa shape index (κ2) is 9.36. The monoisotopic (exact) mass is 450 g/mol. The molecule has 8 heteroatoms. The zero-order valence-corrected chi connectivity index (χ0v) is 18.8. The number of hydrogen-bond acceptors (Lipinski definition) is 6. The molecule has 1 atom stereocenters. The van der Waals surface area contributed by atoms with Gasteiger partial charge in [0.2, 0.25) is 0 Å². The predicted octanol–water partition coefficient (Wildman–Crippen LogP) is 4.44. The summed E-state index contributed by atoms with van der Waals surface area (Å²) in [5, 5.41) is 3.97. The average Bonchev–Trinajstić information content (AvgIpc) is 3.23. The van der Waals surface area contributed by atoms with Gasteiger partial charge in [0.25, 0.3) is 11.5 Å². The number of carbonyl (C=O) groups is 1. The molecule has 0 saturated carbocycles. The molecular weight excluding hydrogens is 428 g/mol. The van der Waals surface area contributed by atoms with Gasteiger partial charge in [0.15, 0.2) is 0 Å². The van der Waals surface area contributed by atoms with Crippen molar-refractivity contribution in [1.82, 2.24) is 15.4 Å². The third-order valence-electron chi connectivity index (χ3n) is 4.84. The molecule has 4 rings (SSSR count). The lowest BCUT2D eigenvalue weighted by Gasteiger charge is -2.22. The van der Waals surface area contributed by atoms with Crippen molar-refractivity contribution < 1.29 is 4.79 Å². The minimum Gasteiger partial charge on any atom is -0.309 e. The number of para-hydroxylation sites is 1. The van der Waals surface area contributed by atoms with Gasteiger partial charge in [-0.15, -0.1) is 23.1 Å². The van der Waals surface area contributed by atoms with E-state index in [9.17, 15) is 9.59 Å². The van der Waals surface area contributed by atoms with E-state index in [1.165, 1.54) is 23.1 Å². The Bertz CT molecular complexity index is 1240. The number of nitrogens with zero attached hydrogens (tertiary/aromatic N) is 2. The number of H-pyrrole nitrogens is 1. The fourth-order valence-corrected chi connectivity index (χ4v) is 4.86. The molecule has 31 heavy (non-hydrogen) atoms. The number of nitrogens with one attached hydrogen (secondary N) is 2. The highest BCUT2D eigenvalue weighted by Gasteiger charge is 2.17. The van der Waals surface area contributed by atoms with Crippen molar-refractivity contribution in [2.75, 3.05) is 12.1 Å². The molecule has 1 unspecified atom stereocenters. The summed E-state index contributed by atoms with van der Waals surface area (Å²) < 4.78 is 0. The number of thiophene rings is 1. The van der Waals surface area contributed by atoms with Gasteiger partial charge in [0, 0.05) is 18.0 Å². The normalized spacial score (nSPS) is 11.9. The van der Waals surface area contributed by atoms with E-state index in [1.54, 1.807) is 12.1 Å². The number of hydrogen-bond donors (Lipinski definition) is 2. The molecule has 0 spiro atoms. The number of fused-ring (bicyclic) bond motifs is 1. The minimum atomic E-state index is -0.310.